The highest BCUT2D eigenvalue weighted by Gasteiger charge is 2.52. The fourth-order valence-electron chi connectivity index (χ4n) is 2.46. The Labute approximate surface area is 155 Å². The Morgan fingerprint density at radius 3 is 1.73 bits per heavy atom. The van der Waals surface area contributed by atoms with Gasteiger partial charge in [0.05, 0.1) is 0 Å². The fraction of sp³-hybridized carbons (Fsp3) is 0.667. The molecule has 0 saturated carbocycles. The van der Waals surface area contributed by atoms with Gasteiger partial charge < -0.3 is 29.4 Å². The van der Waals surface area contributed by atoms with E-state index in [1.165, 1.54) is 6.92 Å². The fourth-order valence-corrected chi connectivity index (χ4v) is 2.65. The van der Waals surface area contributed by atoms with Crippen LogP contribution in [0.4, 0.5) is 0 Å². The number of hydrogen-bond acceptors (Lipinski definition) is 10. The highest BCUT2D eigenvalue weighted by Crippen LogP contribution is 2.29. The molecule has 0 amide bonds. The molecule has 26 heavy (non-hydrogen) atoms. The zero-order chi connectivity index (χ0) is 20.0. The number of esters is 4. The third-order valence-corrected chi connectivity index (χ3v) is 3.50. The summed E-state index contributed by atoms with van der Waals surface area (Å²) in [6.45, 7) is 4.25. The molecule has 0 bridgehead atoms. The van der Waals surface area contributed by atoms with E-state index in [4.69, 9.17) is 41.6 Å². The lowest BCUT2D eigenvalue weighted by molar-refractivity contribution is -0.241. The molecule has 1 aliphatic rings. The van der Waals surface area contributed by atoms with Crippen molar-refractivity contribution in [2.24, 2.45) is 5.73 Å². The molecule has 0 spiro atoms. The van der Waals surface area contributed by atoms with Crippen LogP contribution in [0.1, 0.15) is 27.7 Å². The summed E-state index contributed by atoms with van der Waals surface area (Å²) >= 11 is 4.93. The van der Waals surface area contributed by atoms with Crippen molar-refractivity contribution in [1.82, 2.24) is 0 Å². The molecular formula is C15H21NO9S. The van der Waals surface area contributed by atoms with Gasteiger partial charge in [-0.25, -0.2) is 0 Å². The molecule has 1 fully saturated rings. The van der Waals surface area contributed by atoms with Crippen LogP contribution >= 0.6 is 12.2 Å². The van der Waals surface area contributed by atoms with Gasteiger partial charge in [-0.15, -0.1) is 0 Å². The SMILES string of the molecule is CC(=O)OC[C@H]1O[C@@H](C(N)=S)[C@H](OC(C)=O)[C@@H](OC(C)=O)[C@H]1OC(C)=O. The van der Waals surface area contributed by atoms with Crippen LogP contribution in [0.25, 0.3) is 0 Å². The van der Waals surface area contributed by atoms with Gasteiger partial charge in [-0.3, -0.25) is 19.2 Å². The summed E-state index contributed by atoms with van der Waals surface area (Å²) in [4.78, 5) is 45.4. The summed E-state index contributed by atoms with van der Waals surface area (Å²) in [5.74, 6) is -2.75. The van der Waals surface area contributed by atoms with E-state index in [0.717, 1.165) is 20.8 Å². The molecule has 10 nitrogen and oxygen atoms in total. The van der Waals surface area contributed by atoms with Crippen LogP contribution in [-0.2, 0) is 42.9 Å². The quantitative estimate of drug-likeness (QED) is 0.352. The molecule has 5 atom stereocenters. The molecule has 0 radical (unpaired) electrons. The van der Waals surface area contributed by atoms with Gasteiger partial charge in [0.25, 0.3) is 0 Å². The molecule has 0 aliphatic carbocycles. The number of ether oxygens (including phenoxy) is 5. The monoisotopic (exact) mass is 391 g/mol. The van der Waals surface area contributed by atoms with Crippen LogP contribution in [0, 0.1) is 0 Å². The van der Waals surface area contributed by atoms with Gasteiger partial charge in [-0.2, -0.15) is 0 Å². The first kappa shape index (κ1) is 21.8. The molecule has 1 heterocycles. The van der Waals surface area contributed by atoms with E-state index in [9.17, 15) is 19.2 Å². The maximum absolute atomic E-state index is 11.5. The van der Waals surface area contributed by atoms with Crippen LogP contribution in [-0.4, -0.2) is 66.0 Å². The van der Waals surface area contributed by atoms with Crippen molar-refractivity contribution in [3.8, 4) is 0 Å². The molecule has 0 aromatic rings. The number of rotatable bonds is 6. The molecule has 1 saturated heterocycles. The van der Waals surface area contributed by atoms with Crippen LogP contribution in [0.5, 0.6) is 0 Å². The van der Waals surface area contributed by atoms with Crippen LogP contribution < -0.4 is 5.73 Å². The number of carbonyl (C=O) groups is 4. The normalized spacial score (nSPS) is 27.8. The number of hydrogen-bond donors (Lipinski definition) is 1. The lowest BCUT2D eigenvalue weighted by Gasteiger charge is -2.44. The summed E-state index contributed by atoms with van der Waals surface area (Å²) in [5, 5.41) is 0. The second-order valence-corrected chi connectivity index (χ2v) is 5.99. The third-order valence-electron chi connectivity index (χ3n) is 3.27. The van der Waals surface area contributed by atoms with Crippen molar-refractivity contribution in [1.29, 1.82) is 0 Å². The Morgan fingerprint density at radius 1 is 0.846 bits per heavy atom. The maximum atomic E-state index is 11.5. The molecule has 1 rings (SSSR count). The highest BCUT2D eigenvalue weighted by molar-refractivity contribution is 7.80. The zero-order valence-corrected chi connectivity index (χ0v) is 15.6. The Balaban J connectivity index is 3.29. The Morgan fingerprint density at radius 2 is 1.31 bits per heavy atom. The Hall–Kier alpha value is -2.27. The maximum Gasteiger partial charge on any atom is 0.303 e. The molecular weight excluding hydrogens is 370 g/mol. The lowest BCUT2D eigenvalue weighted by Crippen LogP contribution is -2.64. The van der Waals surface area contributed by atoms with E-state index in [-0.39, 0.29) is 11.6 Å². The van der Waals surface area contributed by atoms with Crippen molar-refractivity contribution < 1.29 is 42.9 Å². The van der Waals surface area contributed by atoms with Crippen LogP contribution in [0.15, 0.2) is 0 Å². The lowest BCUT2D eigenvalue weighted by atomic mass is 9.94. The first-order valence-electron chi connectivity index (χ1n) is 7.62. The smallest absolute Gasteiger partial charge is 0.303 e. The molecule has 146 valence electrons. The first-order chi connectivity index (χ1) is 12.0. The first-order valence-corrected chi connectivity index (χ1v) is 8.03. The summed E-state index contributed by atoms with van der Waals surface area (Å²) in [6, 6.07) is 0. The van der Waals surface area contributed by atoms with Crippen molar-refractivity contribution in [3.63, 3.8) is 0 Å². The van der Waals surface area contributed by atoms with Crippen LogP contribution in [0.3, 0.4) is 0 Å². The molecule has 0 aromatic carbocycles. The summed E-state index contributed by atoms with van der Waals surface area (Å²) < 4.78 is 26.1. The predicted molar refractivity (Wildman–Crippen MR) is 88.7 cm³/mol. The third kappa shape index (κ3) is 6.23. The van der Waals surface area contributed by atoms with Gasteiger partial charge in [0.15, 0.2) is 18.3 Å². The van der Waals surface area contributed by atoms with Gasteiger partial charge in [0.2, 0.25) is 0 Å². The van der Waals surface area contributed by atoms with E-state index in [0.29, 0.717) is 0 Å². The minimum Gasteiger partial charge on any atom is -0.463 e. The van der Waals surface area contributed by atoms with Crippen molar-refractivity contribution in [3.05, 3.63) is 0 Å². The summed E-state index contributed by atoms with van der Waals surface area (Å²) in [6.07, 6.45) is -5.92. The molecule has 1 aliphatic heterocycles. The average Bonchev–Trinajstić information content (AvgIpc) is 2.47. The van der Waals surface area contributed by atoms with Crippen molar-refractivity contribution >= 4 is 41.1 Å². The standard InChI is InChI=1S/C15H21NO9S/c1-6(17)21-5-10-11(22-7(2)18)12(23-8(3)19)13(24-9(4)20)14(25-10)15(16)26/h10-14H,5H2,1-4H3,(H2,16,26)/t10-,11+,12+,13-,14-/m1/s1. The average molecular weight is 391 g/mol. The minimum atomic E-state index is -1.26. The topological polar surface area (TPSA) is 140 Å². The van der Waals surface area contributed by atoms with Gasteiger partial charge in [-0.05, 0) is 0 Å². The predicted octanol–water partition coefficient (Wildman–Crippen LogP) is -0.602. The van der Waals surface area contributed by atoms with E-state index in [2.05, 4.69) is 0 Å². The van der Waals surface area contributed by atoms with Gasteiger partial charge in [0.1, 0.15) is 23.8 Å². The Bertz CT molecular complexity index is 594. The van der Waals surface area contributed by atoms with Gasteiger partial charge in [-0.1, -0.05) is 12.2 Å². The number of carbonyl (C=O) groups excluding carboxylic acids is 4. The Kier molecular flexibility index (Phi) is 7.90. The van der Waals surface area contributed by atoms with E-state index in [1.807, 2.05) is 0 Å². The molecule has 11 heteroatoms. The van der Waals surface area contributed by atoms with Crippen molar-refractivity contribution in [2.45, 2.75) is 58.2 Å². The van der Waals surface area contributed by atoms with E-state index >= 15 is 0 Å². The van der Waals surface area contributed by atoms with Gasteiger partial charge >= 0.3 is 23.9 Å². The van der Waals surface area contributed by atoms with E-state index in [1.54, 1.807) is 0 Å². The largest absolute Gasteiger partial charge is 0.463 e. The second-order valence-electron chi connectivity index (χ2n) is 5.52. The minimum absolute atomic E-state index is 0.178. The van der Waals surface area contributed by atoms with Crippen LogP contribution in [0.2, 0.25) is 0 Å². The summed E-state index contributed by atoms with van der Waals surface area (Å²) in [7, 11) is 0. The number of nitrogens with two attached hydrogens (primary N) is 1. The molecule has 2 N–H and O–H groups in total. The zero-order valence-electron chi connectivity index (χ0n) is 14.8. The molecule has 0 aromatic heterocycles. The van der Waals surface area contributed by atoms with Gasteiger partial charge in [0, 0.05) is 27.7 Å². The highest BCUT2D eigenvalue weighted by atomic mass is 32.1. The van der Waals surface area contributed by atoms with E-state index < -0.39 is 54.4 Å². The summed E-state index contributed by atoms with van der Waals surface area (Å²) in [5.41, 5.74) is 5.65. The number of thiocarbonyl (C=S) groups is 1. The van der Waals surface area contributed by atoms with Crippen molar-refractivity contribution in [2.75, 3.05) is 6.61 Å². The second kappa shape index (κ2) is 9.43. The molecule has 0 unspecified atom stereocenters.